The summed E-state index contributed by atoms with van der Waals surface area (Å²) in [5, 5.41) is 0. The second kappa shape index (κ2) is 5.57. The number of hydrogen-bond acceptors (Lipinski definition) is 5. The van der Waals surface area contributed by atoms with Crippen molar-refractivity contribution in [3.63, 3.8) is 0 Å². The minimum absolute atomic E-state index is 0.493. The lowest BCUT2D eigenvalue weighted by Gasteiger charge is -2.55. The summed E-state index contributed by atoms with van der Waals surface area (Å²) >= 11 is 3.44. The number of hydrogen-bond donors (Lipinski definition) is 0. The fourth-order valence-electron chi connectivity index (χ4n) is 3.84. The maximum absolute atomic E-state index is 5.95. The summed E-state index contributed by atoms with van der Waals surface area (Å²) in [7, 11) is 0. The summed E-state index contributed by atoms with van der Waals surface area (Å²) in [6, 6.07) is 13.9. The fourth-order valence-corrected chi connectivity index (χ4v) is 4.07. The first-order chi connectivity index (χ1) is 11.8. The van der Waals surface area contributed by atoms with E-state index in [4.69, 9.17) is 4.42 Å². The lowest BCUT2D eigenvalue weighted by atomic mass is 9.88. The van der Waals surface area contributed by atoms with E-state index in [1.807, 2.05) is 30.5 Å². The van der Waals surface area contributed by atoms with Crippen LogP contribution in [0.5, 0.6) is 0 Å². The molecule has 2 atom stereocenters. The predicted octanol–water partition coefficient (Wildman–Crippen LogP) is 3.45. The van der Waals surface area contributed by atoms with E-state index in [-0.39, 0.29) is 0 Å². The average Bonchev–Trinajstić information content (AvgIpc) is 3.00. The van der Waals surface area contributed by atoms with Crippen molar-refractivity contribution in [3.05, 3.63) is 52.8 Å². The summed E-state index contributed by atoms with van der Waals surface area (Å²) < 4.78 is 6.98. The Kier molecular flexibility index (Phi) is 3.35. The van der Waals surface area contributed by atoms with Gasteiger partial charge in [-0.05, 0) is 46.6 Å². The molecule has 2 bridgehead atoms. The first-order valence-electron chi connectivity index (χ1n) is 8.23. The van der Waals surface area contributed by atoms with Gasteiger partial charge in [0, 0.05) is 42.4 Å². The molecule has 2 unspecified atom stereocenters. The van der Waals surface area contributed by atoms with Crippen molar-refractivity contribution in [2.45, 2.75) is 25.0 Å². The van der Waals surface area contributed by atoms with Crippen molar-refractivity contribution >= 4 is 33.0 Å². The van der Waals surface area contributed by atoms with E-state index in [0.717, 1.165) is 46.9 Å². The zero-order chi connectivity index (χ0) is 16.1. The summed E-state index contributed by atoms with van der Waals surface area (Å²) in [6.07, 6.45) is 3.09. The lowest BCUT2D eigenvalue weighted by molar-refractivity contribution is 0.102. The second-order valence-electron chi connectivity index (χ2n) is 6.58. The summed E-state index contributed by atoms with van der Waals surface area (Å²) in [5.74, 6) is 0. The third-order valence-electron chi connectivity index (χ3n) is 4.95. The van der Waals surface area contributed by atoms with Gasteiger partial charge in [-0.15, -0.1) is 0 Å². The Bertz CT molecular complexity index is 833. The van der Waals surface area contributed by atoms with Crippen LogP contribution in [-0.2, 0) is 6.54 Å². The summed E-state index contributed by atoms with van der Waals surface area (Å²) in [5.41, 5.74) is 2.93. The fraction of sp³-hybridized carbons (Fsp3) is 0.333. The van der Waals surface area contributed by atoms with Crippen molar-refractivity contribution in [1.82, 2.24) is 14.9 Å². The molecule has 5 heterocycles. The highest BCUT2D eigenvalue weighted by molar-refractivity contribution is 9.10. The molecule has 2 aromatic heterocycles. The van der Waals surface area contributed by atoms with Crippen LogP contribution in [0.2, 0.25) is 0 Å². The van der Waals surface area contributed by atoms with Crippen molar-refractivity contribution in [2.24, 2.45) is 0 Å². The molecule has 3 aliphatic rings. The van der Waals surface area contributed by atoms with Gasteiger partial charge in [0.1, 0.15) is 5.52 Å². The molecular weight excluding hydrogens is 368 g/mol. The molecule has 0 radical (unpaired) electrons. The predicted molar refractivity (Wildman–Crippen MR) is 95.9 cm³/mol. The van der Waals surface area contributed by atoms with Crippen molar-refractivity contribution in [3.8, 4) is 0 Å². The number of para-hydroxylation sites is 2. The molecule has 5 nitrogen and oxygen atoms in total. The number of fused-ring (bicyclic) bond motifs is 3. The van der Waals surface area contributed by atoms with E-state index in [1.54, 1.807) is 0 Å². The van der Waals surface area contributed by atoms with E-state index in [2.05, 4.69) is 47.8 Å². The molecule has 122 valence electrons. The molecule has 1 aromatic carbocycles. The molecule has 0 N–H and O–H groups in total. The molecular formula is C18H17BrN4O. The zero-order valence-corrected chi connectivity index (χ0v) is 14.7. The molecule has 6 heteroatoms. The van der Waals surface area contributed by atoms with E-state index < -0.39 is 0 Å². The van der Waals surface area contributed by atoms with Crippen molar-refractivity contribution in [1.29, 1.82) is 0 Å². The van der Waals surface area contributed by atoms with Gasteiger partial charge >= 0.3 is 0 Å². The first-order valence-corrected chi connectivity index (χ1v) is 9.02. The Hall–Kier alpha value is -1.92. The number of piperazine rings is 1. The van der Waals surface area contributed by atoms with E-state index >= 15 is 0 Å². The average molecular weight is 385 g/mol. The number of benzene rings is 1. The van der Waals surface area contributed by atoms with Gasteiger partial charge in [0.15, 0.2) is 5.58 Å². The largest absolute Gasteiger partial charge is 0.423 e. The van der Waals surface area contributed by atoms with Gasteiger partial charge in [0.25, 0.3) is 6.01 Å². The van der Waals surface area contributed by atoms with Gasteiger partial charge < -0.3 is 9.32 Å². The molecule has 3 saturated heterocycles. The smallest absolute Gasteiger partial charge is 0.298 e. The number of rotatable bonds is 3. The number of anilines is 1. The summed E-state index contributed by atoms with van der Waals surface area (Å²) in [6.45, 7) is 2.97. The van der Waals surface area contributed by atoms with Crippen LogP contribution in [0.1, 0.15) is 12.1 Å². The van der Waals surface area contributed by atoms with E-state index in [1.165, 1.54) is 6.42 Å². The van der Waals surface area contributed by atoms with Crippen LogP contribution in [-0.4, -0.2) is 40.0 Å². The van der Waals surface area contributed by atoms with Crippen LogP contribution < -0.4 is 4.90 Å². The van der Waals surface area contributed by atoms with Gasteiger partial charge in [-0.2, -0.15) is 4.98 Å². The maximum atomic E-state index is 5.95. The highest BCUT2D eigenvalue weighted by atomic mass is 79.9. The van der Waals surface area contributed by atoms with E-state index in [9.17, 15) is 0 Å². The van der Waals surface area contributed by atoms with Crippen LogP contribution in [0.15, 0.2) is 51.5 Å². The minimum Gasteiger partial charge on any atom is -0.423 e. The molecule has 0 spiro atoms. The Labute approximate surface area is 148 Å². The molecule has 3 aliphatic heterocycles. The number of pyridine rings is 1. The monoisotopic (exact) mass is 384 g/mol. The van der Waals surface area contributed by atoms with Crippen LogP contribution >= 0.6 is 15.9 Å². The quantitative estimate of drug-likeness (QED) is 0.691. The highest BCUT2D eigenvalue weighted by Gasteiger charge is 2.46. The second-order valence-corrected chi connectivity index (χ2v) is 7.49. The van der Waals surface area contributed by atoms with Crippen molar-refractivity contribution in [2.75, 3.05) is 18.0 Å². The van der Waals surface area contributed by atoms with Crippen LogP contribution in [0.25, 0.3) is 11.1 Å². The Balaban J connectivity index is 1.31. The molecule has 0 aliphatic carbocycles. The Morgan fingerprint density at radius 3 is 2.71 bits per heavy atom. The van der Waals surface area contributed by atoms with Gasteiger partial charge in [-0.3, -0.25) is 9.88 Å². The van der Waals surface area contributed by atoms with Gasteiger partial charge in [0.2, 0.25) is 0 Å². The molecule has 3 fully saturated rings. The number of aromatic nitrogens is 2. The lowest BCUT2D eigenvalue weighted by Crippen LogP contribution is -2.68. The highest BCUT2D eigenvalue weighted by Crippen LogP contribution is 2.38. The van der Waals surface area contributed by atoms with Crippen molar-refractivity contribution < 1.29 is 4.42 Å². The number of halogens is 1. The SMILES string of the molecule is Brc1ccc(CN2CC3CC(C2)N3c2nc3ccccc3o2)nc1. The van der Waals surface area contributed by atoms with Crippen LogP contribution in [0, 0.1) is 0 Å². The number of oxazole rings is 1. The topological polar surface area (TPSA) is 45.4 Å². The molecule has 0 amide bonds. The number of nitrogens with zero attached hydrogens (tertiary/aromatic N) is 4. The minimum atomic E-state index is 0.493. The molecule has 24 heavy (non-hydrogen) atoms. The Morgan fingerprint density at radius 2 is 1.96 bits per heavy atom. The number of piperidine rings is 1. The molecule has 3 aromatic rings. The zero-order valence-electron chi connectivity index (χ0n) is 13.1. The summed E-state index contributed by atoms with van der Waals surface area (Å²) in [4.78, 5) is 14.0. The van der Waals surface area contributed by atoms with Gasteiger partial charge in [0.05, 0.1) is 5.69 Å². The first kappa shape index (κ1) is 14.4. The molecule has 6 rings (SSSR count). The van der Waals surface area contributed by atoms with Crippen LogP contribution in [0.4, 0.5) is 6.01 Å². The van der Waals surface area contributed by atoms with Gasteiger partial charge in [-0.25, -0.2) is 0 Å². The maximum Gasteiger partial charge on any atom is 0.298 e. The van der Waals surface area contributed by atoms with Crippen LogP contribution in [0.3, 0.4) is 0 Å². The normalized spacial score (nSPS) is 23.5. The van der Waals surface area contributed by atoms with E-state index in [0.29, 0.717) is 12.1 Å². The third-order valence-corrected chi connectivity index (χ3v) is 5.42. The third kappa shape index (κ3) is 2.41. The molecule has 0 saturated carbocycles. The standard InChI is InChI=1S/C18H17BrN4O/c19-12-5-6-13(20-8-12)9-22-10-14-7-15(11-22)23(14)18-21-16-3-1-2-4-17(16)24-18/h1-6,8,14-15H,7,9-11H2. The Morgan fingerprint density at radius 1 is 1.12 bits per heavy atom. The van der Waals surface area contributed by atoms with Gasteiger partial charge in [-0.1, -0.05) is 12.1 Å².